The highest BCUT2D eigenvalue weighted by atomic mass is 16.2. The van der Waals surface area contributed by atoms with E-state index in [-0.39, 0.29) is 17.7 Å². The van der Waals surface area contributed by atoms with Gasteiger partial charge in [-0.2, -0.15) is 5.10 Å². The Bertz CT molecular complexity index is 733. The minimum Gasteiger partial charge on any atom is -0.352 e. The van der Waals surface area contributed by atoms with Crippen LogP contribution in [0.3, 0.4) is 0 Å². The summed E-state index contributed by atoms with van der Waals surface area (Å²) in [7, 11) is 0. The molecule has 26 heavy (non-hydrogen) atoms. The van der Waals surface area contributed by atoms with Gasteiger partial charge in [0.2, 0.25) is 11.8 Å². The number of hydrogen-bond donors (Lipinski definition) is 1. The van der Waals surface area contributed by atoms with Crippen molar-refractivity contribution in [3.63, 3.8) is 0 Å². The van der Waals surface area contributed by atoms with E-state index in [0.717, 1.165) is 30.5 Å². The Kier molecular flexibility index (Phi) is 6.04. The van der Waals surface area contributed by atoms with Crippen LogP contribution in [-0.2, 0) is 16.1 Å². The first-order chi connectivity index (χ1) is 12.7. The zero-order chi connectivity index (χ0) is 18.4. The van der Waals surface area contributed by atoms with Crippen LogP contribution in [0, 0.1) is 5.92 Å². The van der Waals surface area contributed by atoms with E-state index in [2.05, 4.69) is 10.4 Å². The smallest absolute Gasteiger partial charge is 0.223 e. The van der Waals surface area contributed by atoms with Crippen LogP contribution in [-0.4, -0.2) is 39.6 Å². The maximum absolute atomic E-state index is 12.4. The fourth-order valence-electron chi connectivity index (χ4n) is 3.27. The van der Waals surface area contributed by atoms with E-state index in [4.69, 9.17) is 0 Å². The lowest BCUT2D eigenvalue weighted by molar-refractivity contribution is -0.135. The van der Waals surface area contributed by atoms with Crippen molar-refractivity contribution < 1.29 is 9.59 Å². The van der Waals surface area contributed by atoms with E-state index in [0.29, 0.717) is 26.1 Å². The summed E-state index contributed by atoms with van der Waals surface area (Å²) in [5.74, 6) is 0.268. The third-order valence-electron chi connectivity index (χ3n) is 4.81. The molecule has 0 aliphatic carbocycles. The highest BCUT2D eigenvalue weighted by Crippen LogP contribution is 2.18. The van der Waals surface area contributed by atoms with Gasteiger partial charge in [-0.05, 0) is 31.4 Å². The zero-order valence-electron chi connectivity index (χ0n) is 15.2. The molecule has 1 N–H and O–H groups in total. The first-order valence-corrected chi connectivity index (χ1v) is 9.32. The van der Waals surface area contributed by atoms with E-state index in [9.17, 15) is 9.59 Å². The maximum atomic E-state index is 12.4. The van der Waals surface area contributed by atoms with Gasteiger partial charge < -0.3 is 10.2 Å². The van der Waals surface area contributed by atoms with Gasteiger partial charge in [0.1, 0.15) is 0 Å². The number of aromatic nitrogens is 2. The highest BCUT2D eigenvalue weighted by Gasteiger charge is 2.26. The molecular formula is C20H26N4O2. The summed E-state index contributed by atoms with van der Waals surface area (Å²) in [4.78, 5) is 26.2. The Morgan fingerprint density at radius 1 is 1.19 bits per heavy atom. The Labute approximate surface area is 154 Å². The van der Waals surface area contributed by atoms with Crippen molar-refractivity contribution in [3.8, 4) is 5.69 Å². The van der Waals surface area contributed by atoms with Crippen molar-refractivity contribution in [1.29, 1.82) is 0 Å². The molecule has 0 saturated carbocycles. The summed E-state index contributed by atoms with van der Waals surface area (Å²) in [6.45, 7) is 3.85. The first kappa shape index (κ1) is 18.2. The number of nitrogens with one attached hydrogen (secondary N) is 1. The number of carbonyl (C=O) groups is 2. The Morgan fingerprint density at radius 3 is 2.62 bits per heavy atom. The predicted octanol–water partition coefficient (Wildman–Crippen LogP) is 2.53. The lowest BCUT2D eigenvalue weighted by atomic mass is 9.95. The van der Waals surface area contributed by atoms with Gasteiger partial charge in [-0.15, -0.1) is 0 Å². The van der Waals surface area contributed by atoms with Gasteiger partial charge in [0.05, 0.1) is 11.9 Å². The molecule has 1 fully saturated rings. The fourth-order valence-corrected chi connectivity index (χ4v) is 3.27. The number of para-hydroxylation sites is 1. The monoisotopic (exact) mass is 354 g/mol. The van der Waals surface area contributed by atoms with E-state index in [1.165, 1.54) is 0 Å². The number of hydrogen-bond acceptors (Lipinski definition) is 3. The Hall–Kier alpha value is -2.63. The molecule has 1 aromatic heterocycles. The topological polar surface area (TPSA) is 67.2 Å². The van der Waals surface area contributed by atoms with E-state index in [1.54, 1.807) is 10.9 Å². The number of likely N-dealkylation sites (tertiary alicyclic amines) is 1. The van der Waals surface area contributed by atoms with Gasteiger partial charge >= 0.3 is 0 Å². The quantitative estimate of drug-likeness (QED) is 0.867. The van der Waals surface area contributed by atoms with Gasteiger partial charge in [0.25, 0.3) is 0 Å². The molecule has 2 amide bonds. The molecule has 0 unspecified atom stereocenters. The minimum atomic E-state index is -0.00940. The van der Waals surface area contributed by atoms with Crippen LogP contribution in [0.2, 0.25) is 0 Å². The zero-order valence-corrected chi connectivity index (χ0v) is 15.2. The second-order valence-corrected chi connectivity index (χ2v) is 6.75. The molecule has 0 radical (unpaired) electrons. The average molecular weight is 354 g/mol. The van der Waals surface area contributed by atoms with Gasteiger partial charge in [-0.3, -0.25) is 9.59 Å². The standard InChI is InChI=1S/C20H26N4O2/c1-2-6-19(25)23-11-9-17(10-12-23)20(26)21-13-16-14-22-24(15-16)18-7-4-3-5-8-18/h3-5,7-8,14-15,17H,2,6,9-13H2,1H3,(H,21,26). The molecule has 2 aromatic rings. The molecular weight excluding hydrogens is 328 g/mol. The van der Waals surface area contributed by atoms with Crippen LogP contribution < -0.4 is 5.32 Å². The van der Waals surface area contributed by atoms with E-state index >= 15 is 0 Å². The summed E-state index contributed by atoms with van der Waals surface area (Å²) in [6.07, 6.45) is 6.66. The molecule has 1 aliphatic rings. The van der Waals surface area contributed by atoms with Crippen LogP contribution in [0.25, 0.3) is 5.69 Å². The van der Waals surface area contributed by atoms with E-state index in [1.807, 2.05) is 48.4 Å². The molecule has 3 rings (SSSR count). The summed E-state index contributed by atoms with van der Waals surface area (Å²) >= 11 is 0. The SMILES string of the molecule is CCCC(=O)N1CCC(C(=O)NCc2cnn(-c3ccccc3)c2)CC1. The first-order valence-electron chi connectivity index (χ1n) is 9.32. The van der Waals surface area contributed by atoms with Crippen LogP contribution in [0.4, 0.5) is 0 Å². The normalized spacial score (nSPS) is 15.0. The molecule has 138 valence electrons. The molecule has 0 spiro atoms. The molecule has 1 aromatic carbocycles. The summed E-state index contributed by atoms with van der Waals surface area (Å²) in [5, 5.41) is 7.35. The third-order valence-corrected chi connectivity index (χ3v) is 4.81. The van der Waals surface area contributed by atoms with Crippen molar-refractivity contribution in [1.82, 2.24) is 20.0 Å². The molecule has 0 atom stereocenters. The third kappa shape index (κ3) is 4.50. The van der Waals surface area contributed by atoms with Crippen molar-refractivity contribution in [3.05, 3.63) is 48.3 Å². The van der Waals surface area contributed by atoms with Crippen LogP contribution in [0.5, 0.6) is 0 Å². The number of piperidine rings is 1. The van der Waals surface area contributed by atoms with Crippen molar-refractivity contribution >= 4 is 11.8 Å². The van der Waals surface area contributed by atoms with Crippen molar-refractivity contribution in [2.75, 3.05) is 13.1 Å². The van der Waals surface area contributed by atoms with Gasteiger partial charge in [-0.25, -0.2) is 4.68 Å². The van der Waals surface area contributed by atoms with Gasteiger partial charge in [-0.1, -0.05) is 25.1 Å². The lowest BCUT2D eigenvalue weighted by Crippen LogP contribution is -2.42. The Morgan fingerprint density at radius 2 is 1.92 bits per heavy atom. The molecule has 6 heteroatoms. The predicted molar refractivity (Wildman–Crippen MR) is 99.6 cm³/mol. The second-order valence-electron chi connectivity index (χ2n) is 6.75. The maximum Gasteiger partial charge on any atom is 0.223 e. The summed E-state index contributed by atoms with van der Waals surface area (Å²) in [6, 6.07) is 9.88. The minimum absolute atomic E-state index is 0.00940. The Balaban J connectivity index is 1.46. The highest BCUT2D eigenvalue weighted by molar-refractivity contribution is 5.80. The van der Waals surface area contributed by atoms with Gasteiger partial charge in [0, 0.05) is 43.7 Å². The molecule has 0 bridgehead atoms. The molecule has 1 saturated heterocycles. The van der Waals surface area contributed by atoms with Crippen molar-refractivity contribution in [2.24, 2.45) is 5.92 Å². The number of amides is 2. The second kappa shape index (κ2) is 8.65. The summed E-state index contributed by atoms with van der Waals surface area (Å²) < 4.78 is 1.80. The van der Waals surface area contributed by atoms with Crippen LogP contribution in [0.1, 0.15) is 38.2 Å². The number of rotatable bonds is 6. The van der Waals surface area contributed by atoms with Gasteiger partial charge in [0.15, 0.2) is 0 Å². The molecule has 6 nitrogen and oxygen atoms in total. The number of carbonyl (C=O) groups excluding carboxylic acids is 2. The summed E-state index contributed by atoms with van der Waals surface area (Å²) in [5.41, 5.74) is 1.96. The number of benzene rings is 1. The van der Waals surface area contributed by atoms with Crippen molar-refractivity contribution in [2.45, 2.75) is 39.2 Å². The largest absolute Gasteiger partial charge is 0.352 e. The molecule has 1 aliphatic heterocycles. The van der Waals surface area contributed by atoms with Crippen LogP contribution >= 0.6 is 0 Å². The number of nitrogens with zero attached hydrogens (tertiary/aromatic N) is 3. The van der Waals surface area contributed by atoms with Crippen LogP contribution in [0.15, 0.2) is 42.7 Å². The average Bonchev–Trinajstić information content (AvgIpc) is 3.16. The lowest BCUT2D eigenvalue weighted by Gasteiger charge is -2.31. The van der Waals surface area contributed by atoms with E-state index < -0.39 is 0 Å². The molecule has 2 heterocycles. The fraction of sp³-hybridized carbons (Fsp3) is 0.450.